The summed E-state index contributed by atoms with van der Waals surface area (Å²) in [5.74, 6) is -1.48. The number of amides is 2. The minimum atomic E-state index is -1.40. The summed E-state index contributed by atoms with van der Waals surface area (Å²) in [6, 6.07) is 27.2. The van der Waals surface area contributed by atoms with E-state index in [1.807, 2.05) is 72.9 Å². The minimum absolute atomic E-state index is 0.128. The van der Waals surface area contributed by atoms with E-state index >= 15 is 0 Å². The topological polar surface area (TPSA) is 154 Å². The number of thiazole rings is 1. The first kappa shape index (κ1) is 32.1. The highest BCUT2D eigenvalue weighted by Gasteiger charge is 2.20. The van der Waals surface area contributed by atoms with Gasteiger partial charge in [0.1, 0.15) is 16.8 Å². The number of benzene rings is 3. The highest BCUT2D eigenvalue weighted by atomic mass is 32.1. The van der Waals surface area contributed by atoms with Gasteiger partial charge in [0.25, 0.3) is 11.8 Å². The molecule has 1 unspecified atom stereocenters. The monoisotopic (exact) mass is 638 g/mol. The largest absolute Gasteiger partial charge is 0.484 e. The molecule has 2 heterocycles. The van der Waals surface area contributed by atoms with Crippen molar-refractivity contribution in [2.75, 3.05) is 19.8 Å². The molecule has 236 valence electrons. The number of aromatic amines is 1. The fraction of sp³-hybridized carbons (Fsp3) is 0.200. The van der Waals surface area contributed by atoms with Gasteiger partial charge in [-0.3, -0.25) is 9.59 Å². The number of carboxylic acids is 1. The lowest BCUT2D eigenvalue weighted by Crippen LogP contribution is -2.45. The normalized spacial score (nSPS) is 12.2. The number of aliphatic hydroxyl groups excluding tert-OH is 1. The number of aliphatic carboxylic acids is 1. The van der Waals surface area contributed by atoms with Crippen LogP contribution < -0.4 is 15.4 Å². The summed E-state index contributed by atoms with van der Waals surface area (Å²) in [7, 11) is 0. The SMILES string of the molecule is CCC(CNC(=O)c1ccc(-c2sc(-c3ccc[nH]3)nc2-c2ccc(OCC(=O)N[C@@H](CO)C(=O)O)cc2)cc1)c1ccccc1. The lowest BCUT2D eigenvalue weighted by atomic mass is 9.96. The van der Waals surface area contributed by atoms with Crippen LogP contribution in [-0.4, -0.2) is 63.8 Å². The van der Waals surface area contributed by atoms with E-state index in [0.717, 1.165) is 38.8 Å². The van der Waals surface area contributed by atoms with E-state index in [1.54, 1.807) is 12.1 Å². The number of nitrogens with one attached hydrogen (secondary N) is 3. The smallest absolute Gasteiger partial charge is 0.328 e. The molecule has 10 nitrogen and oxygen atoms in total. The van der Waals surface area contributed by atoms with Gasteiger partial charge in [0, 0.05) is 29.8 Å². The quantitative estimate of drug-likeness (QED) is 0.110. The number of ether oxygens (including phenoxy) is 1. The van der Waals surface area contributed by atoms with Gasteiger partial charge in [-0.1, -0.05) is 49.4 Å². The Hall–Kier alpha value is -5.26. The van der Waals surface area contributed by atoms with E-state index in [-0.39, 0.29) is 11.8 Å². The van der Waals surface area contributed by atoms with Gasteiger partial charge in [-0.2, -0.15) is 0 Å². The van der Waals surface area contributed by atoms with Crippen LogP contribution in [-0.2, 0) is 9.59 Å². The fourth-order valence-electron chi connectivity index (χ4n) is 4.88. The number of aliphatic hydroxyl groups is 1. The molecule has 2 amide bonds. The van der Waals surface area contributed by atoms with E-state index in [9.17, 15) is 14.4 Å². The molecule has 0 saturated carbocycles. The second-order valence-electron chi connectivity index (χ2n) is 10.5. The summed E-state index contributed by atoms with van der Waals surface area (Å²) in [6.45, 7) is 1.54. The van der Waals surface area contributed by atoms with Crippen molar-refractivity contribution >= 4 is 29.1 Å². The van der Waals surface area contributed by atoms with Gasteiger partial charge in [-0.25, -0.2) is 9.78 Å². The molecule has 0 fully saturated rings. The van der Waals surface area contributed by atoms with Gasteiger partial charge < -0.3 is 30.6 Å². The maximum absolute atomic E-state index is 13.0. The first-order valence-electron chi connectivity index (χ1n) is 14.8. The third-order valence-corrected chi connectivity index (χ3v) is 8.59. The van der Waals surface area contributed by atoms with Crippen molar-refractivity contribution in [1.82, 2.24) is 20.6 Å². The van der Waals surface area contributed by atoms with Crippen LogP contribution in [0.15, 0.2) is 97.2 Å². The summed E-state index contributed by atoms with van der Waals surface area (Å²) >= 11 is 1.53. The van der Waals surface area contributed by atoms with Crippen molar-refractivity contribution in [3.05, 3.63) is 108 Å². The van der Waals surface area contributed by atoms with Gasteiger partial charge >= 0.3 is 5.97 Å². The zero-order chi connectivity index (χ0) is 32.5. The molecule has 0 aliphatic carbocycles. The number of hydrogen-bond acceptors (Lipinski definition) is 7. The van der Waals surface area contributed by atoms with E-state index in [2.05, 4.69) is 34.7 Å². The Bertz CT molecular complexity index is 1750. The van der Waals surface area contributed by atoms with Crippen LogP contribution in [0.3, 0.4) is 0 Å². The minimum Gasteiger partial charge on any atom is -0.484 e. The van der Waals surface area contributed by atoms with Gasteiger partial charge in [-0.15, -0.1) is 11.3 Å². The molecule has 0 radical (unpaired) electrons. The van der Waals surface area contributed by atoms with Crippen molar-refractivity contribution < 1.29 is 29.3 Å². The summed E-state index contributed by atoms with van der Waals surface area (Å²) in [5.41, 5.74) is 5.13. The molecule has 0 aliphatic rings. The number of carbonyl (C=O) groups excluding carboxylic acids is 2. The summed E-state index contributed by atoms with van der Waals surface area (Å²) in [4.78, 5) is 45.2. The molecule has 0 aliphatic heterocycles. The molecule has 5 N–H and O–H groups in total. The number of rotatable bonds is 14. The van der Waals surface area contributed by atoms with Gasteiger partial charge in [0.05, 0.1) is 22.9 Å². The van der Waals surface area contributed by atoms with E-state index in [0.29, 0.717) is 17.9 Å². The highest BCUT2D eigenvalue weighted by Crippen LogP contribution is 2.40. The first-order chi connectivity index (χ1) is 22.4. The average Bonchev–Trinajstić information content (AvgIpc) is 3.78. The summed E-state index contributed by atoms with van der Waals surface area (Å²) in [6.07, 6.45) is 2.76. The first-order valence-corrected chi connectivity index (χ1v) is 15.6. The molecule has 5 rings (SSSR count). The van der Waals surface area contributed by atoms with E-state index in [4.69, 9.17) is 19.9 Å². The van der Waals surface area contributed by atoms with Crippen molar-refractivity contribution in [3.8, 4) is 38.1 Å². The van der Waals surface area contributed by atoms with Crippen LogP contribution in [0.1, 0.15) is 35.2 Å². The molecular formula is C35H34N4O6S. The number of carboxylic acid groups (broad SMARTS) is 1. The standard InChI is InChI=1S/C35H34N4O6S/c1-2-22(23-7-4-3-5-8-23)19-37-33(42)26-12-10-25(11-13-26)32-31(39-34(46-32)28-9-6-18-36-28)24-14-16-27(17-15-24)45-21-30(41)38-29(20-40)35(43)44/h3-18,22,29,36,40H,2,19-21H2,1H3,(H,37,42)(H,38,41)(H,43,44)/t22?,29-/m0/s1. The fourth-order valence-corrected chi connectivity index (χ4v) is 5.96. The summed E-state index contributed by atoms with van der Waals surface area (Å²) < 4.78 is 5.52. The van der Waals surface area contributed by atoms with E-state index < -0.39 is 31.1 Å². The number of H-pyrrole nitrogens is 1. The molecule has 0 bridgehead atoms. The lowest BCUT2D eigenvalue weighted by molar-refractivity contribution is -0.143. The number of carbonyl (C=O) groups is 3. The van der Waals surface area contributed by atoms with Crippen LogP contribution >= 0.6 is 11.3 Å². The van der Waals surface area contributed by atoms with Crippen LogP contribution in [0, 0.1) is 0 Å². The van der Waals surface area contributed by atoms with Crippen molar-refractivity contribution in [2.45, 2.75) is 25.3 Å². The predicted molar refractivity (Wildman–Crippen MR) is 177 cm³/mol. The molecule has 0 saturated heterocycles. The maximum atomic E-state index is 13.0. The molecule has 11 heteroatoms. The molecular weight excluding hydrogens is 604 g/mol. The Kier molecular flexibility index (Phi) is 10.6. The molecule has 2 atom stereocenters. The molecule has 2 aromatic heterocycles. The second kappa shape index (κ2) is 15.2. The molecule has 0 spiro atoms. The third kappa shape index (κ3) is 7.87. The van der Waals surface area contributed by atoms with Gasteiger partial charge in [0.15, 0.2) is 6.61 Å². The van der Waals surface area contributed by atoms with Gasteiger partial charge in [0.2, 0.25) is 0 Å². The zero-order valence-electron chi connectivity index (χ0n) is 25.1. The number of nitrogens with zero attached hydrogens (tertiary/aromatic N) is 1. The third-order valence-electron chi connectivity index (χ3n) is 7.45. The Morgan fingerprint density at radius 3 is 2.28 bits per heavy atom. The Labute approximate surface area is 270 Å². The van der Waals surface area contributed by atoms with Gasteiger partial charge in [-0.05, 0) is 66.1 Å². The van der Waals surface area contributed by atoms with Crippen LogP contribution in [0.2, 0.25) is 0 Å². The summed E-state index contributed by atoms with van der Waals surface area (Å²) in [5, 5.41) is 24.2. The highest BCUT2D eigenvalue weighted by molar-refractivity contribution is 7.18. The Balaban J connectivity index is 1.31. The lowest BCUT2D eigenvalue weighted by Gasteiger charge is -2.16. The van der Waals surface area contributed by atoms with Crippen molar-refractivity contribution in [2.24, 2.45) is 0 Å². The average molecular weight is 639 g/mol. The molecule has 46 heavy (non-hydrogen) atoms. The predicted octanol–water partition coefficient (Wildman–Crippen LogP) is 5.34. The zero-order valence-corrected chi connectivity index (χ0v) is 25.9. The Morgan fingerprint density at radius 1 is 0.935 bits per heavy atom. The molecule has 5 aromatic rings. The Morgan fingerprint density at radius 2 is 1.65 bits per heavy atom. The van der Waals surface area contributed by atoms with Crippen molar-refractivity contribution in [1.29, 1.82) is 0 Å². The second-order valence-corrected chi connectivity index (χ2v) is 11.5. The van der Waals surface area contributed by atoms with Crippen LogP contribution in [0.4, 0.5) is 0 Å². The number of aromatic nitrogens is 2. The van der Waals surface area contributed by atoms with Crippen LogP contribution in [0.25, 0.3) is 32.4 Å². The van der Waals surface area contributed by atoms with Crippen LogP contribution in [0.5, 0.6) is 5.75 Å². The molecule has 3 aromatic carbocycles. The van der Waals surface area contributed by atoms with E-state index in [1.165, 1.54) is 16.9 Å². The number of hydrogen-bond donors (Lipinski definition) is 5. The van der Waals surface area contributed by atoms with Crippen molar-refractivity contribution in [3.63, 3.8) is 0 Å². The maximum Gasteiger partial charge on any atom is 0.328 e.